The standard InChI is InChI=1S/C38H25N/c1-2-25-19-21-28(22-20-25)39(35-18-7-10-26-9-3-4-13-29(26)35)36-24-23-33-31-15-6-12-27-11-5-14-30(37(27)31)32-16-8-17-34(36)38(32)33/h2-24H,1H2. The highest BCUT2D eigenvalue weighted by Gasteiger charge is 2.20. The first kappa shape index (κ1) is 21.9. The second-order valence-corrected chi connectivity index (χ2v) is 10.2. The molecule has 0 amide bonds. The molecule has 0 aliphatic carbocycles. The van der Waals surface area contributed by atoms with Crippen molar-refractivity contribution in [3.63, 3.8) is 0 Å². The Morgan fingerprint density at radius 2 is 0.949 bits per heavy atom. The predicted molar refractivity (Wildman–Crippen MR) is 170 cm³/mol. The molecule has 0 atom stereocenters. The molecule has 8 rings (SSSR count). The van der Waals surface area contributed by atoms with Crippen LogP contribution in [0.15, 0.2) is 140 Å². The third kappa shape index (κ3) is 3.20. The fourth-order valence-electron chi connectivity index (χ4n) is 6.40. The number of hydrogen-bond acceptors (Lipinski definition) is 1. The summed E-state index contributed by atoms with van der Waals surface area (Å²) in [7, 11) is 0. The Balaban J connectivity index is 1.51. The first-order valence-electron chi connectivity index (χ1n) is 13.4. The second kappa shape index (κ2) is 8.44. The third-order valence-electron chi connectivity index (χ3n) is 8.14. The van der Waals surface area contributed by atoms with E-state index in [0.29, 0.717) is 0 Å². The first-order valence-corrected chi connectivity index (χ1v) is 13.4. The van der Waals surface area contributed by atoms with Gasteiger partial charge in [0.2, 0.25) is 0 Å². The van der Waals surface area contributed by atoms with Crippen LogP contribution in [0.2, 0.25) is 0 Å². The van der Waals surface area contributed by atoms with Crippen LogP contribution in [-0.2, 0) is 0 Å². The van der Waals surface area contributed by atoms with Gasteiger partial charge in [-0.05, 0) is 72.9 Å². The molecule has 8 aromatic carbocycles. The number of benzene rings is 8. The van der Waals surface area contributed by atoms with Crippen LogP contribution < -0.4 is 4.90 Å². The number of fused-ring (bicyclic) bond motifs is 3. The van der Waals surface area contributed by atoms with Crippen molar-refractivity contribution in [2.45, 2.75) is 0 Å². The van der Waals surface area contributed by atoms with E-state index >= 15 is 0 Å². The summed E-state index contributed by atoms with van der Waals surface area (Å²) >= 11 is 0. The topological polar surface area (TPSA) is 3.24 Å². The maximum Gasteiger partial charge on any atom is 0.0540 e. The van der Waals surface area contributed by atoms with Crippen LogP contribution in [0.1, 0.15) is 5.56 Å². The molecule has 0 radical (unpaired) electrons. The lowest BCUT2D eigenvalue weighted by Gasteiger charge is -2.29. The van der Waals surface area contributed by atoms with Gasteiger partial charge < -0.3 is 4.90 Å². The van der Waals surface area contributed by atoms with E-state index in [4.69, 9.17) is 0 Å². The molecule has 182 valence electrons. The molecule has 0 unspecified atom stereocenters. The molecule has 0 saturated carbocycles. The van der Waals surface area contributed by atoms with Crippen LogP contribution in [0.4, 0.5) is 17.1 Å². The van der Waals surface area contributed by atoms with Gasteiger partial charge in [0.15, 0.2) is 0 Å². The van der Waals surface area contributed by atoms with Crippen LogP contribution in [0.25, 0.3) is 59.9 Å². The van der Waals surface area contributed by atoms with Crippen LogP contribution in [0, 0.1) is 0 Å². The SMILES string of the molecule is C=Cc1ccc(N(c2cccc3ccccc23)c2ccc3c4cccc5cccc(c6cccc2c63)c54)cc1. The van der Waals surface area contributed by atoms with Gasteiger partial charge in [0.25, 0.3) is 0 Å². The molecule has 0 aliphatic heterocycles. The van der Waals surface area contributed by atoms with Gasteiger partial charge >= 0.3 is 0 Å². The van der Waals surface area contributed by atoms with Crippen molar-refractivity contribution in [1.29, 1.82) is 0 Å². The lowest BCUT2D eigenvalue weighted by atomic mass is 9.89. The summed E-state index contributed by atoms with van der Waals surface area (Å²) in [6, 6.07) is 48.6. The van der Waals surface area contributed by atoms with Gasteiger partial charge in [-0.15, -0.1) is 0 Å². The maximum absolute atomic E-state index is 3.96. The minimum atomic E-state index is 1.11. The zero-order valence-electron chi connectivity index (χ0n) is 21.4. The second-order valence-electron chi connectivity index (χ2n) is 10.2. The zero-order chi connectivity index (χ0) is 25.9. The molecule has 0 aliphatic rings. The van der Waals surface area contributed by atoms with Crippen molar-refractivity contribution in [1.82, 2.24) is 0 Å². The lowest BCUT2D eigenvalue weighted by Crippen LogP contribution is -2.11. The summed E-state index contributed by atoms with van der Waals surface area (Å²) in [5.41, 5.74) is 4.57. The lowest BCUT2D eigenvalue weighted by molar-refractivity contribution is 1.31. The summed E-state index contributed by atoms with van der Waals surface area (Å²) in [4.78, 5) is 2.42. The number of anilines is 3. The predicted octanol–water partition coefficient (Wildman–Crippen LogP) is 11.0. The summed E-state index contributed by atoms with van der Waals surface area (Å²) < 4.78 is 0. The average Bonchev–Trinajstić information content (AvgIpc) is 3.00. The maximum atomic E-state index is 3.96. The normalized spacial score (nSPS) is 11.7. The number of hydrogen-bond donors (Lipinski definition) is 0. The van der Waals surface area contributed by atoms with Gasteiger partial charge in [-0.2, -0.15) is 0 Å². The van der Waals surface area contributed by atoms with E-state index in [0.717, 1.165) is 11.3 Å². The van der Waals surface area contributed by atoms with E-state index in [1.807, 2.05) is 6.08 Å². The Labute approximate surface area is 227 Å². The molecule has 1 heteroatoms. The molecule has 0 spiro atoms. The van der Waals surface area contributed by atoms with Crippen molar-refractivity contribution in [2.24, 2.45) is 0 Å². The highest BCUT2D eigenvalue weighted by molar-refractivity contribution is 6.34. The summed E-state index contributed by atoms with van der Waals surface area (Å²) in [6.07, 6.45) is 1.90. The molecule has 8 aromatic rings. The quantitative estimate of drug-likeness (QED) is 0.173. The molecule has 0 fully saturated rings. The van der Waals surface area contributed by atoms with Crippen molar-refractivity contribution in [2.75, 3.05) is 4.90 Å². The first-order chi connectivity index (χ1) is 19.3. The van der Waals surface area contributed by atoms with Crippen LogP contribution in [0.5, 0.6) is 0 Å². The van der Waals surface area contributed by atoms with Crippen molar-refractivity contribution >= 4 is 77.0 Å². The minimum Gasteiger partial charge on any atom is -0.309 e. The van der Waals surface area contributed by atoms with Gasteiger partial charge in [-0.3, -0.25) is 0 Å². The van der Waals surface area contributed by atoms with Gasteiger partial charge in [0.1, 0.15) is 0 Å². The Morgan fingerprint density at radius 1 is 0.410 bits per heavy atom. The minimum absolute atomic E-state index is 1.11. The summed E-state index contributed by atoms with van der Waals surface area (Å²) in [5, 5.41) is 12.9. The Kier molecular flexibility index (Phi) is 4.74. The monoisotopic (exact) mass is 495 g/mol. The third-order valence-corrected chi connectivity index (χ3v) is 8.14. The molecular weight excluding hydrogens is 470 g/mol. The molecule has 0 heterocycles. The number of rotatable bonds is 4. The van der Waals surface area contributed by atoms with Crippen LogP contribution in [0.3, 0.4) is 0 Å². The van der Waals surface area contributed by atoms with Gasteiger partial charge in [-0.25, -0.2) is 0 Å². The fourth-order valence-corrected chi connectivity index (χ4v) is 6.40. The van der Waals surface area contributed by atoms with Gasteiger partial charge in [0, 0.05) is 16.5 Å². The average molecular weight is 496 g/mol. The fraction of sp³-hybridized carbons (Fsp3) is 0. The van der Waals surface area contributed by atoms with Gasteiger partial charge in [0.05, 0.1) is 11.4 Å². The highest BCUT2D eigenvalue weighted by Crippen LogP contribution is 2.47. The Morgan fingerprint density at radius 3 is 1.72 bits per heavy atom. The molecule has 0 saturated heterocycles. The summed E-state index contributed by atoms with van der Waals surface area (Å²) in [6.45, 7) is 3.96. The van der Waals surface area contributed by atoms with E-state index in [-0.39, 0.29) is 0 Å². The molecular formula is C38H25N. The van der Waals surface area contributed by atoms with E-state index < -0.39 is 0 Å². The van der Waals surface area contributed by atoms with Gasteiger partial charge in [-0.1, -0.05) is 122 Å². The summed E-state index contributed by atoms with van der Waals surface area (Å²) in [5.74, 6) is 0. The van der Waals surface area contributed by atoms with E-state index in [1.54, 1.807) is 0 Å². The highest BCUT2D eigenvalue weighted by atomic mass is 15.1. The number of nitrogens with zero attached hydrogens (tertiary/aromatic N) is 1. The molecule has 0 N–H and O–H groups in total. The Bertz CT molecular complexity index is 2130. The molecule has 39 heavy (non-hydrogen) atoms. The van der Waals surface area contributed by atoms with E-state index in [9.17, 15) is 0 Å². The van der Waals surface area contributed by atoms with Crippen LogP contribution in [-0.4, -0.2) is 0 Å². The zero-order valence-corrected chi connectivity index (χ0v) is 21.4. The smallest absolute Gasteiger partial charge is 0.0540 e. The van der Waals surface area contributed by atoms with Crippen molar-refractivity contribution in [3.05, 3.63) is 146 Å². The molecule has 0 aromatic heterocycles. The Hall–Kier alpha value is -5.14. The molecule has 0 bridgehead atoms. The van der Waals surface area contributed by atoms with Crippen molar-refractivity contribution in [3.8, 4) is 0 Å². The molecule has 1 nitrogen and oxygen atoms in total. The van der Waals surface area contributed by atoms with Crippen molar-refractivity contribution < 1.29 is 0 Å². The van der Waals surface area contributed by atoms with E-state index in [1.165, 1.54) is 65.2 Å². The van der Waals surface area contributed by atoms with Crippen LogP contribution >= 0.6 is 0 Å². The van der Waals surface area contributed by atoms with E-state index in [2.05, 4.69) is 145 Å². The largest absolute Gasteiger partial charge is 0.309 e.